The van der Waals surface area contributed by atoms with Gasteiger partial charge < -0.3 is 5.73 Å². The number of hydrogen-bond acceptors (Lipinski definition) is 2. The standard InChI is InChI=1S/C12H8F4N2/c13-8-3-1-2-7(6-8)11-9(17)4-5-10(18-11)12(14,15)16/h1-6H,17H2. The zero-order chi connectivity index (χ0) is 13.3. The van der Waals surface area contributed by atoms with E-state index in [1.165, 1.54) is 18.2 Å². The van der Waals surface area contributed by atoms with Crippen molar-refractivity contribution in [3.05, 3.63) is 47.9 Å². The first-order chi connectivity index (χ1) is 8.38. The third-order valence-corrected chi connectivity index (χ3v) is 2.31. The Morgan fingerprint density at radius 3 is 2.39 bits per heavy atom. The number of rotatable bonds is 1. The zero-order valence-electron chi connectivity index (χ0n) is 9.00. The van der Waals surface area contributed by atoms with Crippen LogP contribution >= 0.6 is 0 Å². The van der Waals surface area contributed by atoms with Gasteiger partial charge in [-0.3, -0.25) is 0 Å². The summed E-state index contributed by atoms with van der Waals surface area (Å²) in [5, 5.41) is 0. The van der Waals surface area contributed by atoms with Crippen molar-refractivity contribution < 1.29 is 17.6 Å². The summed E-state index contributed by atoms with van der Waals surface area (Å²) in [4.78, 5) is 3.44. The second-order valence-electron chi connectivity index (χ2n) is 3.64. The Morgan fingerprint density at radius 1 is 1.06 bits per heavy atom. The first kappa shape index (κ1) is 12.3. The molecule has 2 N–H and O–H groups in total. The first-order valence-corrected chi connectivity index (χ1v) is 4.97. The molecule has 1 aromatic heterocycles. The number of nitrogen functional groups attached to an aromatic ring is 1. The predicted octanol–water partition coefficient (Wildman–Crippen LogP) is 3.49. The summed E-state index contributed by atoms with van der Waals surface area (Å²) >= 11 is 0. The van der Waals surface area contributed by atoms with Gasteiger partial charge in [0.2, 0.25) is 0 Å². The molecule has 0 radical (unpaired) electrons. The van der Waals surface area contributed by atoms with Crippen LogP contribution in [0.15, 0.2) is 36.4 Å². The number of aromatic nitrogens is 1. The van der Waals surface area contributed by atoms with Crippen molar-refractivity contribution in [3.8, 4) is 11.3 Å². The van der Waals surface area contributed by atoms with Crippen molar-refractivity contribution in [2.24, 2.45) is 0 Å². The highest BCUT2D eigenvalue weighted by Gasteiger charge is 2.33. The van der Waals surface area contributed by atoms with E-state index in [2.05, 4.69) is 4.98 Å². The molecule has 2 aromatic rings. The van der Waals surface area contributed by atoms with Crippen LogP contribution in [0.25, 0.3) is 11.3 Å². The lowest BCUT2D eigenvalue weighted by molar-refractivity contribution is -0.141. The molecule has 0 bridgehead atoms. The molecule has 0 atom stereocenters. The summed E-state index contributed by atoms with van der Waals surface area (Å²) in [5.74, 6) is -0.564. The Morgan fingerprint density at radius 2 is 1.78 bits per heavy atom. The van der Waals surface area contributed by atoms with E-state index in [0.29, 0.717) is 0 Å². The van der Waals surface area contributed by atoms with Crippen LogP contribution in [0, 0.1) is 5.82 Å². The van der Waals surface area contributed by atoms with Crippen LogP contribution in [-0.2, 0) is 6.18 Å². The van der Waals surface area contributed by atoms with Crippen molar-refractivity contribution in [2.75, 3.05) is 5.73 Å². The molecule has 2 nitrogen and oxygen atoms in total. The van der Waals surface area contributed by atoms with Gasteiger partial charge in [0, 0.05) is 5.56 Å². The maximum atomic E-state index is 13.0. The second kappa shape index (κ2) is 4.29. The third kappa shape index (κ3) is 2.42. The van der Waals surface area contributed by atoms with Crippen LogP contribution in [0.2, 0.25) is 0 Å². The topological polar surface area (TPSA) is 38.9 Å². The smallest absolute Gasteiger partial charge is 0.397 e. The van der Waals surface area contributed by atoms with Gasteiger partial charge in [0.25, 0.3) is 0 Å². The van der Waals surface area contributed by atoms with Gasteiger partial charge in [0.05, 0.1) is 11.4 Å². The Balaban J connectivity index is 2.57. The Kier molecular flexibility index (Phi) is 2.94. The average molecular weight is 256 g/mol. The van der Waals surface area contributed by atoms with Crippen LogP contribution < -0.4 is 5.73 Å². The fraction of sp³-hybridized carbons (Fsp3) is 0.0833. The molecule has 0 amide bonds. The van der Waals surface area contributed by atoms with E-state index in [4.69, 9.17) is 5.73 Å². The Labute approximate surface area is 100 Å². The van der Waals surface area contributed by atoms with Gasteiger partial charge in [-0.15, -0.1) is 0 Å². The summed E-state index contributed by atoms with van der Waals surface area (Å²) in [7, 11) is 0. The van der Waals surface area contributed by atoms with Gasteiger partial charge >= 0.3 is 6.18 Å². The van der Waals surface area contributed by atoms with Crippen LogP contribution in [0.1, 0.15) is 5.69 Å². The SMILES string of the molecule is Nc1ccc(C(F)(F)F)nc1-c1cccc(F)c1. The highest BCUT2D eigenvalue weighted by molar-refractivity contribution is 5.72. The Bertz CT molecular complexity index is 579. The minimum Gasteiger partial charge on any atom is -0.397 e. The molecular weight excluding hydrogens is 248 g/mol. The molecule has 94 valence electrons. The number of nitrogens with zero attached hydrogens (tertiary/aromatic N) is 1. The maximum Gasteiger partial charge on any atom is 0.433 e. The van der Waals surface area contributed by atoms with Crippen molar-refractivity contribution in [3.63, 3.8) is 0 Å². The van der Waals surface area contributed by atoms with Crippen LogP contribution in [0.3, 0.4) is 0 Å². The molecule has 0 aliphatic carbocycles. The summed E-state index contributed by atoms with van der Waals surface area (Å²) in [6.07, 6.45) is -4.56. The number of nitrogens with two attached hydrogens (primary N) is 1. The second-order valence-corrected chi connectivity index (χ2v) is 3.64. The van der Waals surface area contributed by atoms with E-state index in [9.17, 15) is 17.6 Å². The van der Waals surface area contributed by atoms with E-state index in [-0.39, 0.29) is 16.9 Å². The lowest BCUT2D eigenvalue weighted by Crippen LogP contribution is -2.09. The van der Waals surface area contributed by atoms with E-state index in [1.807, 2.05) is 0 Å². The van der Waals surface area contributed by atoms with E-state index >= 15 is 0 Å². The quantitative estimate of drug-likeness (QED) is 0.793. The monoisotopic (exact) mass is 256 g/mol. The average Bonchev–Trinajstić information content (AvgIpc) is 2.28. The van der Waals surface area contributed by atoms with Crippen LogP contribution in [0.4, 0.5) is 23.2 Å². The number of alkyl halides is 3. The molecule has 1 heterocycles. The van der Waals surface area contributed by atoms with E-state index in [1.54, 1.807) is 0 Å². The van der Waals surface area contributed by atoms with Crippen LogP contribution in [0.5, 0.6) is 0 Å². The molecule has 0 fully saturated rings. The highest BCUT2D eigenvalue weighted by Crippen LogP contribution is 2.32. The number of hydrogen-bond donors (Lipinski definition) is 1. The zero-order valence-corrected chi connectivity index (χ0v) is 9.00. The van der Waals surface area contributed by atoms with E-state index in [0.717, 1.165) is 18.2 Å². The molecule has 0 saturated heterocycles. The Hall–Kier alpha value is -2.11. The summed E-state index contributed by atoms with van der Waals surface area (Å²) in [5.41, 5.74) is 4.69. The largest absolute Gasteiger partial charge is 0.433 e. The van der Waals surface area contributed by atoms with Crippen molar-refractivity contribution in [1.29, 1.82) is 0 Å². The molecule has 0 spiro atoms. The number of pyridine rings is 1. The molecule has 0 aliphatic rings. The fourth-order valence-corrected chi connectivity index (χ4v) is 1.49. The maximum absolute atomic E-state index is 13.0. The van der Waals surface area contributed by atoms with Crippen molar-refractivity contribution in [1.82, 2.24) is 4.98 Å². The molecule has 1 aromatic carbocycles. The minimum atomic E-state index is -4.56. The third-order valence-electron chi connectivity index (χ3n) is 2.31. The molecular formula is C12H8F4N2. The fourth-order valence-electron chi connectivity index (χ4n) is 1.49. The normalized spacial score (nSPS) is 11.6. The molecule has 0 aliphatic heterocycles. The van der Waals surface area contributed by atoms with Gasteiger partial charge in [-0.25, -0.2) is 9.37 Å². The van der Waals surface area contributed by atoms with Gasteiger partial charge in [0.15, 0.2) is 0 Å². The lowest BCUT2D eigenvalue weighted by atomic mass is 10.1. The van der Waals surface area contributed by atoms with Crippen molar-refractivity contribution >= 4 is 5.69 Å². The molecule has 6 heteroatoms. The van der Waals surface area contributed by atoms with Gasteiger partial charge in [-0.2, -0.15) is 13.2 Å². The number of benzene rings is 1. The summed E-state index contributed by atoms with van der Waals surface area (Å²) < 4.78 is 50.6. The number of anilines is 1. The minimum absolute atomic E-state index is 0.0635. The molecule has 0 unspecified atom stereocenters. The lowest BCUT2D eigenvalue weighted by Gasteiger charge is -2.10. The van der Waals surface area contributed by atoms with Crippen molar-refractivity contribution in [2.45, 2.75) is 6.18 Å². The van der Waals surface area contributed by atoms with Gasteiger partial charge in [-0.1, -0.05) is 12.1 Å². The summed E-state index contributed by atoms with van der Waals surface area (Å²) in [6.45, 7) is 0. The summed E-state index contributed by atoms with van der Waals surface area (Å²) in [6, 6.07) is 6.99. The highest BCUT2D eigenvalue weighted by atomic mass is 19.4. The van der Waals surface area contributed by atoms with E-state index < -0.39 is 17.7 Å². The molecule has 18 heavy (non-hydrogen) atoms. The van der Waals surface area contributed by atoms with Gasteiger partial charge in [-0.05, 0) is 24.3 Å². The first-order valence-electron chi connectivity index (χ1n) is 4.97. The van der Waals surface area contributed by atoms with Gasteiger partial charge in [0.1, 0.15) is 11.5 Å². The van der Waals surface area contributed by atoms with Crippen LogP contribution in [-0.4, -0.2) is 4.98 Å². The molecule has 2 rings (SSSR count). The number of halogens is 4. The predicted molar refractivity (Wildman–Crippen MR) is 59.0 cm³/mol. The molecule has 0 saturated carbocycles.